The molecule has 0 radical (unpaired) electrons. The summed E-state index contributed by atoms with van der Waals surface area (Å²) in [5.74, 6) is 2.44. The van der Waals surface area contributed by atoms with E-state index in [4.69, 9.17) is 4.42 Å². The van der Waals surface area contributed by atoms with Crippen molar-refractivity contribution in [1.82, 2.24) is 10.3 Å². The molecular formula is C12H22N2O. The molecule has 15 heavy (non-hydrogen) atoms. The second-order valence-corrected chi connectivity index (χ2v) is 4.13. The molecule has 0 saturated carbocycles. The van der Waals surface area contributed by atoms with Crippen molar-refractivity contribution in [3.63, 3.8) is 0 Å². The maximum atomic E-state index is 5.52. The van der Waals surface area contributed by atoms with E-state index in [1.807, 2.05) is 6.20 Å². The molecule has 3 nitrogen and oxygen atoms in total. The molecule has 1 aromatic rings. The van der Waals surface area contributed by atoms with Crippen molar-refractivity contribution in [2.75, 3.05) is 0 Å². The first kappa shape index (κ1) is 12.2. The first-order valence-electron chi connectivity index (χ1n) is 5.84. The molecule has 0 fully saturated rings. The Morgan fingerprint density at radius 2 is 2.13 bits per heavy atom. The fourth-order valence-corrected chi connectivity index (χ4v) is 1.40. The molecule has 3 heteroatoms. The summed E-state index contributed by atoms with van der Waals surface area (Å²) in [4.78, 5) is 4.21. The lowest BCUT2D eigenvalue weighted by molar-refractivity contribution is 0.360. The van der Waals surface area contributed by atoms with Gasteiger partial charge in [0.1, 0.15) is 5.76 Å². The van der Waals surface area contributed by atoms with Crippen LogP contribution in [0.2, 0.25) is 0 Å². The first-order chi connectivity index (χ1) is 7.17. The molecule has 0 aromatic carbocycles. The van der Waals surface area contributed by atoms with E-state index in [0.29, 0.717) is 12.0 Å². The number of aryl methyl sites for hydroxylation is 1. The lowest BCUT2D eigenvalue weighted by atomic mass is 10.0. The van der Waals surface area contributed by atoms with Gasteiger partial charge in [-0.3, -0.25) is 0 Å². The molecule has 0 spiro atoms. The lowest BCUT2D eigenvalue weighted by Gasteiger charge is -2.18. The number of hydrogen-bond donors (Lipinski definition) is 1. The van der Waals surface area contributed by atoms with E-state index in [1.165, 1.54) is 6.42 Å². The topological polar surface area (TPSA) is 38.1 Å². The zero-order valence-electron chi connectivity index (χ0n) is 10.2. The highest BCUT2D eigenvalue weighted by Crippen LogP contribution is 2.08. The minimum Gasteiger partial charge on any atom is -0.444 e. The minimum atomic E-state index is 0.506. The first-order valence-corrected chi connectivity index (χ1v) is 5.84. The molecular weight excluding hydrogens is 188 g/mol. The summed E-state index contributed by atoms with van der Waals surface area (Å²) < 4.78 is 5.52. The molecule has 0 aliphatic rings. The van der Waals surface area contributed by atoms with E-state index in [1.54, 1.807) is 0 Å². The van der Waals surface area contributed by atoms with Crippen molar-refractivity contribution in [3.8, 4) is 0 Å². The van der Waals surface area contributed by atoms with Crippen molar-refractivity contribution >= 4 is 0 Å². The molecule has 86 valence electrons. The summed E-state index contributed by atoms with van der Waals surface area (Å²) in [5.41, 5.74) is 0. The van der Waals surface area contributed by atoms with Gasteiger partial charge in [-0.15, -0.1) is 0 Å². The van der Waals surface area contributed by atoms with Crippen LogP contribution < -0.4 is 5.32 Å². The third-order valence-electron chi connectivity index (χ3n) is 3.02. The molecule has 0 saturated heterocycles. The largest absolute Gasteiger partial charge is 0.444 e. The summed E-state index contributed by atoms with van der Waals surface area (Å²) in [5, 5.41) is 3.43. The zero-order valence-corrected chi connectivity index (χ0v) is 10.2. The molecule has 2 unspecified atom stereocenters. The van der Waals surface area contributed by atoms with Gasteiger partial charge in [-0.05, 0) is 12.8 Å². The summed E-state index contributed by atoms with van der Waals surface area (Å²) in [6.45, 7) is 9.47. The number of nitrogens with zero attached hydrogens (tertiary/aromatic N) is 1. The summed E-state index contributed by atoms with van der Waals surface area (Å²) in [7, 11) is 0. The standard InChI is InChI=1S/C12H22N2O/c1-5-9(3)10(4)13-8-12-14-7-11(6-2)15-12/h7,9-10,13H,5-6,8H2,1-4H3. The van der Waals surface area contributed by atoms with Gasteiger partial charge in [0.05, 0.1) is 12.7 Å². The van der Waals surface area contributed by atoms with E-state index in [0.717, 1.165) is 24.6 Å². The smallest absolute Gasteiger partial charge is 0.208 e. The highest BCUT2D eigenvalue weighted by atomic mass is 16.4. The van der Waals surface area contributed by atoms with Crippen molar-refractivity contribution in [3.05, 3.63) is 17.8 Å². The molecule has 0 aliphatic heterocycles. The van der Waals surface area contributed by atoms with Crippen LogP contribution in [0.25, 0.3) is 0 Å². The predicted octanol–water partition coefficient (Wildman–Crippen LogP) is 2.76. The summed E-state index contributed by atoms with van der Waals surface area (Å²) >= 11 is 0. The van der Waals surface area contributed by atoms with Gasteiger partial charge in [0.2, 0.25) is 5.89 Å². The molecule has 1 heterocycles. The van der Waals surface area contributed by atoms with Crippen LogP contribution in [-0.2, 0) is 13.0 Å². The van der Waals surface area contributed by atoms with Gasteiger partial charge in [0.15, 0.2) is 0 Å². The van der Waals surface area contributed by atoms with E-state index in [2.05, 4.69) is 38.0 Å². The normalized spacial score (nSPS) is 15.2. The Labute approximate surface area is 92.3 Å². The number of hydrogen-bond acceptors (Lipinski definition) is 3. The van der Waals surface area contributed by atoms with E-state index >= 15 is 0 Å². The van der Waals surface area contributed by atoms with Gasteiger partial charge in [-0.2, -0.15) is 0 Å². The maximum absolute atomic E-state index is 5.52. The molecule has 1 rings (SSSR count). The van der Waals surface area contributed by atoms with Crippen molar-refractivity contribution in [2.45, 2.75) is 53.1 Å². The van der Waals surface area contributed by atoms with Crippen molar-refractivity contribution in [1.29, 1.82) is 0 Å². The van der Waals surface area contributed by atoms with Crippen LogP contribution in [-0.4, -0.2) is 11.0 Å². The molecule has 2 atom stereocenters. The van der Waals surface area contributed by atoms with Crippen LogP contribution in [0.15, 0.2) is 10.6 Å². The Balaban J connectivity index is 2.36. The van der Waals surface area contributed by atoms with E-state index in [9.17, 15) is 0 Å². The summed E-state index contributed by atoms with van der Waals surface area (Å²) in [6, 6.07) is 0.506. The van der Waals surface area contributed by atoms with Crippen LogP contribution >= 0.6 is 0 Å². The summed E-state index contributed by atoms with van der Waals surface area (Å²) in [6.07, 6.45) is 3.92. The molecule has 1 aromatic heterocycles. The maximum Gasteiger partial charge on any atom is 0.208 e. The van der Waals surface area contributed by atoms with Gasteiger partial charge in [0.25, 0.3) is 0 Å². The van der Waals surface area contributed by atoms with E-state index < -0.39 is 0 Å². The van der Waals surface area contributed by atoms with Gasteiger partial charge in [-0.25, -0.2) is 4.98 Å². The van der Waals surface area contributed by atoms with Crippen LogP contribution in [0.4, 0.5) is 0 Å². The average molecular weight is 210 g/mol. The number of oxazole rings is 1. The fraction of sp³-hybridized carbons (Fsp3) is 0.750. The predicted molar refractivity (Wildman–Crippen MR) is 61.6 cm³/mol. The van der Waals surface area contributed by atoms with Crippen molar-refractivity contribution in [2.24, 2.45) is 5.92 Å². The Morgan fingerprint density at radius 1 is 1.40 bits per heavy atom. The average Bonchev–Trinajstić information content (AvgIpc) is 2.72. The van der Waals surface area contributed by atoms with Crippen LogP contribution in [0.5, 0.6) is 0 Å². The lowest BCUT2D eigenvalue weighted by Crippen LogP contribution is -2.31. The third-order valence-corrected chi connectivity index (χ3v) is 3.02. The SMILES string of the molecule is CCc1cnc(CNC(C)C(C)CC)o1. The number of aromatic nitrogens is 1. The van der Waals surface area contributed by atoms with Gasteiger partial charge in [0, 0.05) is 12.5 Å². The second kappa shape index (κ2) is 5.91. The minimum absolute atomic E-state index is 0.506. The Hall–Kier alpha value is -0.830. The molecule has 0 aliphatic carbocycles. The molecule has 1 N–H and O–H groups in total. The Bertz CT molecular complexity index is 283. The zero-order chi connectivity index (χ0) is 11.3. The van der Waals surface area contributed by atoms with Crippen LogP contribution in [0.1, 0.15) is 45.8 Å². The van der Waals surface area contributed by atoms with Gasteiger partial charge < -0.3 is 9.73 Å². The monoisotopic (exact) mass is 210 g/mol. The second-order valence-electron chi connectivity index (χ2n) is 4.13. The van der Waals surface area contributed by atoms with Crippen molar-refractivity contribution < 1.29 is 4.42 Å². The number of nitrogens with one attached hydrogen (secondary N) is 1. The third kappa shape index (κ3) is 3.67. The van der Waals surface area contributed by atoms with Gasteiger partial charge in [-0.1, -0.05) is 27.2 Å². The molecule has 0 bridgehead atoms. The Morgan fingerprint density at radius 3 is 2.67 bits per heavy atom. The Kier molecular flexibility index (Phi) is 4.82. The van der Waals surface area contributed by atoms with Crippen LogP contribution in [0, 0.1) is 5.92 Å². The molecule has 0 amide bonds. The highest BCUT2D eigenvalue weighted by molar-refractivity contribution is 4.93. The fourth-order valence-electron chi connectivity index (χ4n) is 1.40. The van der Waals surface area contributed by atoms with Crippen LogP contribution in [0.3, 0.4) is 0 Å². The quantitative estimate of drug-likeness (QED) is 0.784. The number of rotatable bonds is 6. The van der Waals surface area contributed by atoms with Gasteiger partial charge >= 0.3 is 0 Å². The van der Waals surface area contributed by atoms with E-state index in [-0.39, 0.29) is 0 Å². The highest BCUT2D eigenvalue weighted by Gasteiger charge is 2.10.